The number of imidazole rings is 1. The predicted molar refractivity (Wildman–Crippen MR) is 87.4 cm³/mol. The molecule has 2 aliphatic rings. The molecule has 1 aromatic rings. The Labute approximate surface area is 129 Å². The molecular formula is C18H31N3. The van der Waals surface area contributed by atoms with E-state index in [2.05, 4.69) is 23.7 Å². The molecular weight excluding hydrogens is 258 g/mol. The Morgan fingerprint density at radius 2 is 2.05 bits per heavy atom. The van der Waals surface area contributed by atoms with Crippen LogP contribution in [-0.4, -0.2) is 16.1 Å². The maximum absolute atomic E-state index is 4.92. The van der Waals surface area contributed by atoms with E-state index < -0.39 is 0 Å². The van der Waals surface area contributed by atoms with Gasteiger partial charge < -0.3 is 9.88 Å². The molecule has 1 aromatic heterocycles. The number of aryl methyl sites for hydroxylation is 1. The lowest BCUT2D eigenvalue weighted by Gasteiger charge is -2.27. The highest BCUT2D eigenvalue weighted by atomic mass is 15.1. The number of hydrogen-bond donors (Lipinski definition) is 1. The molecule has 1 aliphatic heterocycles. The van der Waals surface area contributed by atoms with Crippen LogP contribution in [0.4, 0.5) is 0 Å². The summed E-state index contributed by atoms with van der Waals surface area (Å²) in [6.07, 6.45) is 10.6. The molecule has 0 aromatic carbocycles. The van der Waals surface area contributed by atoms with E-state index in [0.717, 1.165) is 37.8 Å². The average Bonchev–Trinajstić information content (AvgIpc) is 2.85. The number of aromatic nitrogens is 2. The third-order valence-electron chi connectivity index (χ3n) is 5.44. The molecule has 0 atom stereocenters. The van der Waals surface area contributed by atoms with Gasteiger partial charge in [-0.1, -0.05) is 39.5 Å². The summed E-state index contributed by atoms with van der Waals surface area (Å²) < 4.78 is 2.58. The number of nitrogens with zero attached hydrogens (tertiary/aromatic N) is 2. The van der Waals surface area contributed by atoms with Gasteiger partial charge in [0.25, 0.3) is 0 Å². The van der Waals surface area contributed by atoms with Crippen LogP contribution in [-0.2, 0) is 25.9 Å². The first-order valence-corrected chi connectivity index (χ1v) is 9.05. The molecule has 3 nitrogen and oxygen atoms in total. The molecule has 0 spiro atoms. The molecule has 0 radical (unpaired) electrons. The normalized spacial score (nSPS) is 25.8. The molecule has 0 amide bonds. The minimum absolute atomic E-state index is 0.954. The molecule has 2 heterocycles. The summed E-state index contributed by atoms with van der Waals surface area (Å²) in [7, 11) is 0. The van der Waals surface area contributed by atoms with E-state index in [4.69, 9.17) is 4.98 Å². The van der Waals surface area contributed by atoms with Gasteiger partial charge >= 0.3 is 0 Å². The minimum Gasteiger partial charge on any atom is -0.332 e. The highest BCUT2D eigenvalue weighted by Crippen LogP contribution is 2.31. The molecule has 1 fully saturated rings. The number of hydrogen-bond acceptors (Lipinski definition) is 2. The van der Waals surface area contributed by atoms with Crippen LogP contribution < -0.4 is 5.32 Å². The van der Waals surface area contributed by atoms with Crippen LogP contribution in [0.1, 0.15) is 69.6 Å². The van der Waals surface area contributed by atoms with Crippen molar-refractivity contribution < 1.29 is 0 Å². The number of rotatable bonds is 5. The first-order valence-electron chi connectivity index (χ1n) is 9.05. The zero-order chi connectivity index (χ0) is 14.7. The fraction of sp³-hybridized carbons (Fsp3) is 0.833. The van der Waals surface area contributed by atoms with Gasteiger partial charge in [0.1, 0.15) is 5.82 Å². The highest BCUT2D eigenvalue weighted by molar-refractivity contribution is 5.20. The minimum atomic E-state index is 0.954. The Hall–Kier alpha value is -0.830. The maximum atomic E-state index is 4.92. The third kappa shape index (κ3) is 3.50. The molecule has 0 unspecified atom stereocenters. The van der Waals surface area contributed by atoms with Crippen LogP contribution in [0, 0.1) is 11.8 Å². The molecule has 3 heteroatoms. The summed E-state index contributed by atoms with van der Waals surface area (Å²) in [4.78, 5) is 4.92. The Morgan fingerprint density at radius 1 is 1.24 bits per heavy atom. The standard InChI is InChI=1S/C18H31N3/c1-3-4-18-20-16-13-19-11-9-17(16)21(18)12-10-15-7-5-14(2)6-8-15/h14-15,19H,3-13H2,1-2H3. The molecule has 1 N–H and O–H groups in total. The SMILES string of the molecule is CCCc1nc2c(n1CCC1CCC(C)CC1)CCNC2. The van der Waals surface area contributed by atoms with Crippen LogP contribution in [0.5, 0.6) is 0 Å². The van der Waals surface area contributed by atoms with E-state index in [-0.39, 0.29) is 0 Å². The lowest BCUT2D eigenvalue weighted by Crippen LogP contribution is -2.25. The summed E-state index contributed by atoms with van der Waals surface area (Å²) in [5.41, 5.74) is 2.85. The summed E-state index contributed by atoms with van der Waals surface area (Å²) >= 11 is 0. The van der Waals surface area contributed by atoms with Crippen LogP contribution >= 0.6 is 0 Å². The molecule has 1 saturated carbocycles. The molecule has 0 saturated heterocycles. The van der Waals surface area contributed by atoms with E-state index >= 15 is 0 Å². The summed E-state index contributed by atoms with van der Waals surface area (Å²) in [6.45, 7) is 7.97. The van der Waals surface area contributed by atoms with Crippen LogP contribution in [0.3, 0.4) is 0 Å². The average molecular weight is 289 g/mol. The third-order valence-corrected chi connectivity index (χ3v) is 5.44. The summed E-state index contributed by atoms with van der Waals surface area (Å²) in [5.74, 6) is 3.26. The molecule has 0 bridgehead atoms. The number of fused-ring (bicyclic) bond motifs is 1. The van der Waals surface area contributed by atoms with Crippen molar-refractivity contribution in [1.82, 2.24) is 14.9 Å². The van der Waals surface area contributed by atoms with Crippen molar-refractivity contribution >= 4 is 0 Å². The van der Waals surface area contributed by atoms with Gasteiger partial charge in [-0.3, -0.25) is 0 Å². The van der Waals surface area contributed by atoms with Crippen LogP contribution in [0.25, 0.3) is 0 Å². The van der Waals surface area contributed by atoms with E-state index in [9.17, 15) is 0 Å². The molecule has 1 aliphatic carbocycles. The fourth-order valence-corrected chi connectivity index (χ4v) is 4.03. The number of nitrogens with one attached hydrogen (secondary N) is 1. The second-order valence-electron chi connectivity index (χ2n) is 7.16. The Bertz CT molecular complexity index is 455. The van der Waals surface area contributed by atoms with E-state index in [1.807, 2.05) is 0 Å². The van der Waals surface area contributed by atoms with E-state index in [0.29, 0.717) is 0 Å². The van der Waals surface area contributed by atoms with E-state index in [1.165, 1.54) is 62.3 Å². The lowest BCUT2D eigenvalue weighted by molar-refractivity contribution is 0.267. The molecule has 3 rings (SSSR count). The molecule has 118 valence electrons. The van der Waals surface area contributed by atoms with Crippen LogP contribution in [0.2, 0.25) is 0 Å². The fourth-order valence-electron chi connectivity index (χ4n) is 4.03. The highest BCUT2D eigenvalue weighted by Gasteiger charge is 2.22. The molecule has 21 heavy (non-hydrogen) atoms. The maximum Gasteiger partial charge on any atom is 0.109 e. The Kier molecular flexibility index (Phi) is 4.99. The zero-order valence-corrected chi connectivity index (χ0v) is 13.8. The first kappa shape index (κ1) is 15.1. The van der Waals surface area contributed by atoms with Gasteiger partial charge in [0.15, 0.2) is 0 Å². The largest absolute Gasteiger partial charge is 0.332 e. The van der Waals surface area contributed by atoms with E-state index in [1.54, 1.807) is 0 Å². The van der Waals surface area contributed by atoms with Gasteiger partial charge in [-0.15, -0.1) is 0 Å². The lowest BCUT2D eigenvalue weighted by atomic mass is 9.81. The van der Waals surface area contributed by atoms with Crippen molar-refractivity contribution in [2.24, 2.45) is 11.8 Å². The van der Waals surface area contributed by atoms with Crippen molar-refractivity contribution in [3.8, 4) is 0 Å². The van der Waals surface area contributed by atoms with Gasteiger partial charge in [0.2, 0.25) is 0 Å². The van der Waals surface area contributed by atoms with Crippen molar-refractivity contribution in [1.29, 1.82) is 0 Å². The quantitative estimate of drug-likeness (QED) is 0.896. The van der Waals surface area contributed by atoms with Crippen LogP contribution in [0.15, 0.2) is 0 Å². The summed E-state index contributed by atoms with van der Waals surface area (Å²) in [5, 5.41) is 3.46. The van der Waals surface area contributed by atoms with Gasteiger partial charge in [-0.25, -0.2) is 4.98 Å². The predicted octanol–water partition coefficient (Wildman–Crippen LogP) is 3.70. The Balaban J connectivity index is 1.67. The van der Waals surface area contributed by atoms with Gasteiger partial charge in [-0.2, -0.15) is 0 Å². The topological polar surface area (TPSA) is 29.9 Å². The van der Waals surface area contributed by atoms with Crippen molar-refractivity contribution in [3.63, 3.8) is 0 Å². The smallest absolute Gasteiger partial charge is 0.109 e. The first-order chi connectivity index (χ1) is 10.3. The van der Waals surface area contributed by atoms with Crippen molar-refractivity contribution in [2.75, 3.05) is 6.54 Å². The Morgan fingerprint density at radius 3 is 2.81 bits per heavy atom. The van der Waals surface area contributed by atoms with Gasteiger partial charge in [-0.05, 0) is 24.7 Å². The second kappa shape index (κ2) is 6.95. The second-order valence-corrected chi connectivity index (χ2v) is 7.16. The van der Waals surface area contributed by atoms with Crippen molar-refractivity contribution in [3.05, 3.63) is 17.2 Å². The monoisotopic (exact) mass is 289 g/mol. The summed E-state index contributed by atoms with van der Waals surface area (Å²) in [6, 6.07) is 0. The van der Waals surface area contributed by atoms with Crippen molar-refractivity contribution in [2.45, 2.75) is 78.3 Å². The van der Waals surface area contributed by atoms with Gasteiger partial charge in [0, 0.05) is 38.2 Å². The zero-order valence-electron chi connectivity index (χ0n) is 13.8. The van der Waals surface area contributed by atoms with Gasteiger partial charge in [0.05, 0.1) is 5.69 Å².